The van der Waals surface area contributed by atoms with Crippen LogP contribution in [-0.2, 0) is 7.05 Å². The van der Waals surface area contributed by atoms with Crippen LogP contribution in [0, 0.1) is 0 Å². The minimum Gasteiger partial charge on any atom is -0.307 e. The van der Waals surface area contributed by atoms with Gasteiger partial charge in [0.15, 0.2) is 0 Å². The van der Waals surface area contributed by atoms with Crippen molar-refractivity contribution >= 4 is 11.6 Å². The highest BCUT2D eigenvalue weighted by atomic mass is 35.5. The molecular weight excluding hydrogens is 212 g/mol. The Kier molecular flexibility index (Phi) is 3.11. The minimum atomic E-state index is -2.88. The Morgan fingerprint density at radius 3 is 2.50 bits per heavy atom. The highest BCUT2D eigenvalue weighted by Crippen LogP contribution is 2.33. The number of hydrogen-bond acceptors (Lipinski definition) is 2. The quantitative estimate of drug-likeness (QED) is 0.850. The SMILES string of the molecule is CNC(c1c(Cl)cnn1C)C(C)(F)F. The van der Waals surface area contributed by atoms with Crippen molar-refractivity contribution in [3.05, 3.63) is 16.9 Å². The summed E-state index contributed by atoms with van der Waals surface area (Å²) in [4.78, 5) is 0. The molecule has 0 saturated carbocycles. The molecule has 0 aliphatic rings. The molecule has 0 radical (unpaired) electrons. The van der Waals surface area contributed by atoms with Crippen LogP contribution in [-0.4, -0.2) is 22.8 Å². The molecule has 1 aromatic heterocycles. The van der Waals surface area contributed by atoms with E-state index in [4.69, 9.17) is 11.6 Å². The smallest absolute Gasteiger partial charge is 0.266 e. The van der Waals surface area contributed by atoms with Crippen LogP contribution in [0.1, 0.15) is 18.7 Å². The van der Waals surface area contributed by atoms with Gasteiger partial charge in [0.2, 0.25) is 0 Å². The molecule has 1 aromatic rings. The van der Waals surface area contributed by atoms with E-state index in [-0.39, 0.29) is 5.02 Å². The standard InChI is InChI=1S/C8H12ClF2N3/c1-8(10,11)7(12-2)6-5(9)4-13-14(6)3/h4,7,12H,1-3H3. The number of alkyl halides is 2. The van der Waals surface area contributed by atoms with E-state index in [1.54, 1.807) is 7.05 Å². The zero-order valence-electron chi connectivity index (χ0n) is 8.18. The summed E-state index contributed by atoms with van der Waals surface area (Å²) in [5.41, 5.74) is 0.293. The highest BCUT2D eigenvalue weighted by molar-refractivity contribution is 6.31. The molecule has 0 saturated heterocycles. The van der Waals surface area contributed by atoms with E-state index in [1.807, 2.05) is 0 Å². The van der Waals surface area contributed by atoms with Gasteiger partial charge in [-0.3, -0.25) is 4.68 Å². The van der Waals surface area contributed by atoms with Gasteiger partial charge in [0, 0.05) is 14.0 Å². The van der Waals surface area contributed by atoms with Gasteiger partial charge in [-0.05, 0) is 7.05 Å². The lowest BCUT2D eigenvalue weighted by Crippen LogP contribution is -2.34. The molecule has 0 amide bonds. The fraction of sp³-hybridized carbons (Fsp3) is 0.625. The van der Waals surface area contributed by atoms with E-state index in [2.05, 4.69) is 10.4 Å². The summed E-state index contributed by atoms with van der Waals surface area (Å²) in [5, 5.41) is 6.58. The molecule has 6 heteroatoms. The van der Waals surface area contributed by atoms with E-state index in [1.165, 1.54) is 17.9 Å². The molecule has 1 atom stereocenters. The Morgan fingerprint density at radius 1 is 1.64 bits per heavy atom. The predicted molar refractivity (Wildman–Crippen MR) is 50.6 cm³/mol. The van der Waals surface area contributed by atoms with Gasteiger partial charge < -0.3 is 5.32 Å². The van der Waals surface area contributed by atoms with Crippen LogP contribution in [0.4, 0.5) is 8.78 Å². The second-order valence-corrected chi connectivity index (χ2v) is 3.59. The maximum absolute atomic E-state index is 13.1. The molecule has 0 aromatic carbocycles. The second kappa shape index (κ2) is 3.82. The lowest BCUT2D eigenvalue weighted by Gasteiger charge is -2.23. The van der Waals surface area contributed by atoms with Gasteiger partial charge in [-0.2, -0.15) is 5.10 Å². The van der Waals surface area contributed by atoms with Crippen LogP contribution in [0.15, 0.2) is 6.20 Å². The first-order chi connectivity index (χ1) is 6.38. The maximum atomic E-state index is 13.1. The fourth-order valence-electron chi connectivity index (χ4n) is 1.38. The number of hydrogen-bond donors (Lipinski definition) is 1. The molecule has 3 nitrogen and oxygen atoms in total. The van der Waals surface area contributed by atoms with E-state index < -0.39 is 12.0 Å². The van der Waals surface area contributed by atoms with Crippen LogP contribution in [0.25, 0.3) is 0 Å². The van der Waals surface area contributed by atoms with Crippen molar-refractivity contribution in [2.45, 2.75) is 18.9 Å². The Balaban J connectivity index is 3.13. The molecule has 0 fully saturated rings. The first-order valence-electron chi connectivity index (χ1n) is 4.10. The lowest BCUT2D eigenvalue weighted by molar-refractivity contribution is -0.0194. The molecule has 1 unspecified atom stereocenters. The molecule has 0 spiro atoms. The van der Waals surface area contributed by atoms with Crippen molar-refractivity contribution in [3.63, 3.8) is 0 Å². The van der Waals surface area contributed by atoms with Crippen LogP contribution < -0.4 is 5.32 Å². The maximum Gasteiger partial charge on any atom is 0.266 e. The molecule has 0 aliphatic heterocycles. The van der Waals surface area contributed by atoms with Gasteiger partial charge >= 0.3 is 0 Å². The van der Waals surface area contributed by atoms with Gasteiger partial charge in [-0.1, -0.05) is 11.6 Å². The number of halogens is 3. The summed E-state index contributed by atoms with van der Waals surface area (Å²) in [6, 6.07) is -1.12. The summed E-state index contributed by atoms with van der Waals surface area (Å²) >= 11 is 5.77. The van der Waals surface area contributed by atoms with Crippen molar-refractivity contribution in [1.29, 1.82) is 0 Å². The molecule has 80 valence electrons. The number of aromatic nitrogens is 2. The Bertz CT molecular complexity index is 299. The zero-order valence-corrected chi connectivity index (χ0v) is 8.94. The number of nitrogens with one attached hydrogen (secondary N) is 1. The third kappa shape index (κ3) is 2.04. The Morgan fingerprint density at radius 2 is 2.21 bits per heavy atom. The summed E-state index contributed by atoms with van der Waals surface area (Å²) in [5.74, 6) is -2.88. The molecule has 0 bridgehead atoms. The third-order valence-electron chi connectivity index (χ3n) is 2.01. The van der Waals surface area contributed by atoms with Crippen molar-refractivity contribution in [2.75, 3.05) is 7.05 Å². The molecule has 1 rings (SSSR count). The minimum absolute atomic E-state index is 0.244. The summed E-state index contributed by atoms with van der Waals surface area (Å²) < 4.78 is 27.6. The van der Waals surface area contributed by atoms with E-state index in [9.17, 15) is 8.78 Å². The number of nitrogens with zero attached hydrogens (tertiary/aromatic N) is 2. The lowest BCUT2D eigenvalue weighted by atomic mass is 10.1. The summed E-state index contributed by atoms with van der Waals surface area (Å²) in [6.45, 7) is 0.845. The normalized spacial score (nSPS) is 14.4. The number of aryl methyl sites for hydroxylation is 1. The first-order valence-corrected chi connectivity index (χ1v) is 4.48. The van der Waals surface area contributed by atoms with Crippen LogP contribution in [0.2, 0.25) is 5.02 Å². The van der Waals surface area contributed by atoms with Gasteiger partial charge in [-0.15, -0.1) is 0 Å². The second-order valence-electron chi connectivity index (χ2n) is 3.18. The average molecular weight is 224 g/mol. The fourth-order valence-corrected chi connectivity index (χ4v) is 1.65. The number of rotatable bonds is 3. The van der Waals surface area contributed by atoms with E-state index in [0.29, 0.717) is 5.69 Å². The van der Waals surface area contributed by atoms with Crippen LogP contribution in [0.3, 0.4) is 0 Å². The highest BCUT2D eigenvalue weighted by Gasteiger charge is 2.37. The first kappa shape index (κ1) is 11.4. The zero-order chi connectivity index (χ0) is 10.9. The monoisotopic (exact) mass is 223 g/mol. The molecule has 14 heavy (non-hydrogen) atoms. The van der Waals surface area contributed by atoms with Gasteiger partial charge in [0.25, 0.3) is 5.92 Å². The van der Waals surface area contributed by atoms with Gasteiger partial charge in [0.05, 0.1) is 16.9 Å². The van der Waals surface area contributed by atoms with Crippen molar-refractivity contribution in [1.82, 2.24) is 15.1 Å². The predicted octanol–water partition coefficient (Wildman–Crippen LogP) is 1.99. The summed E-state index contributed by atoms with van der Waals surface area (Å²) in [6.07, 6.45) is 1.35. The third-order valence-corrected chi connectivity index (χ3v) is 2.30. The van der Waals surface area contributed by atoms with Gasteiger partial charge in [0.1, 0.15) is 6.04 Å². The van der Waals surface area contributed by atoms with E-state index in [0.717, 1.165) is 6.92 Å². The molecule has 1 N–H and O–H groups in total. The molecule has 0 aliphatic carbocycles. The van der Waals surface area contributed by atoms with Crippen LogP contribution >= 0.6 is 11.6 Å². The topological polar surface area (TPSA) is 29.9 Å². The Hall–Kier alpha value is -0.680. The summed E-state index contributed by atoms with van der Waals surface area (Å²) in [7, 11) is 3.04. The van der Waals surface area contributed by atoms with Crippen molar-refractivity contribution < 1.29 is 8.78 Å². The molecule has 1 heterocycles. The van der Waals surface area contributed by atoms with Gasteiger partial charge in [-0.25, -0.2) is 8.78 Å². The van der Waals surface area contributed by atoms with Crippen molar-refractivity contribution in [2.24, 2.45) is 7.05 Å². The van der Waals surface area contributed by atoms with Crippen molar-refractivity contribution in [3.8, 4) is 0 Å². The van der Waals surface area contributed by atoms with E-state index >= 15 is 0 Å². The molecular formula is C8H12ClF2N3. The average Bonchev–Trinajstić information content (AvgIpc) is 2.34. The Labute approximate surface area is 86.0 Å². The van der Waals surface area contributed by atoms with Crippen LogP contribution in [0.5, 0.6) is 0 Å². The largest absolute Gasteiger partial charge is 0.307 e.